The lowest BCUT2D eigenvalue weighted by molar-refractivity contribution is -1.08. The Bertz CT molecular complexity index is 1750. The number of carbonyl (C=O) groups excluding carboxylic acids is 2. The van der Waals surface area contributed by atoms with E-state index in [0.29, 0.717) is 23.2 Å². The average molecular weight is 626 g/mol. The predicted molar refractivity (Wildman–Crippen MR) is 160 cm³/mol. The number of primary amides is 1. The van der Waals surface area contributed by atoms with E-state index in [0.717, 1.165) is 72.1 Å². The van der Waals surface area contributed by atoms with E-state index in [-0.39, 0.29) is 23.0 Å². The van der Waals surface area contributed by atoms with E-state index >= 15 is 0 Å². The molecule has 6 aliphatic rings. The number of fused-ring (bicyclic) bond motifs is 4. The van der Waals surface area contributed by atoms with Gasteiger partial charge in [0.1, 0.15) is 45.0 Å². The minimum Gasteiger partial charge on any atom is -0.477 e. The number of nitrogens with zero attached hydrogens (tertiary/aromatic N) is 4. The lowest BCUT2D eigenvalue weighted by Crippen LogP contribution is -2.76. The number of hydrogen-bond acceptors (Lipinski definition) is 6. The van der Waals surface area contributed by atoms with E-state index < -0.39 is 45.9 Å². The summed E-state index contributed by atoms with van der Waals surface area (Å²) in [5.41, 5.74) is 7.29. The molecule has 2 amide bonds. The van der Waals surface area contributed by atoms with E-state index in [1.165, 1.54) is 16.1 Å². The number of aliphatic carboxylic acids is 1. The van der Waals surface area contributed by atoms with Crippen molar-refractivity contribution in [2.45, 2.75) is 37.3 Å². The normalized spacial score (nSPS) is 32.2. The Morgan fingerprint density at radius 3 is 2.34 bits per heavy atom. The maximum absolute atomic E-state index is 14.0. The second-order valence-corrected chi connectivity index (χ2v) is 15.3. The van der Waals surface area contributed by atoms with Gasteiger partial charge in [0.15, 0.2) is 6.54 Å². The number of carboxylic acid groups (broad SMARTS) is 1. The van der Waals surface area contributed by atoms with Crippen molar-refractivity contribution in [2.24, 2.45) is 17.6 Å². The molecule has 4 atom stereocenters. The Labute approximate surface area is 256 Å². The monoisotopic (exact) mass is 625 g/mol. The van der Waals surface area contributed by atoms with Crippen LogP contribution in [0.5, 0.6) is 0 Å². The summed E-state index contributed by atoms with van der Waals surface area (Å²) in [5.74, 6) is -3.14. The smallest absolute Gasteiger partial charge is 0.352 e. The molecule has 0 aromatic heterocycles. The van der Waals surface area contributed by atoms with E-state index in [4.69, 9.17) is 5.73 Å². The molecule has 0 aliphatic carbocycles. The van der Waals surface area contributed by atoms with Crippen LogP contribution in [0.3, 0.4) is 0 Å². The summed E-state index contributed by atoms with van der Waals surface area (Å²) in [6.45, 7) is 10.2. The van der Waals surface area contributed by atoms with Crippen LogP contribution in [-0.2, 0) is 30.8 Å². The topological polar surface area (TPSA) is 158 Å². The fourth-order valence-electron chi connectivity index (χ4n) is 8.69. The molecule has 0 saturated carbocycles. The van der Waals surface area contributed by atoms with Crippen molar-refractivity contribution in [3.05, 3.63) is 47.2 Å². The van der Waals surface area contributed by atoms with Crippen LogP contribution in [0.15, 0.2) is 46.5 Å². The van der Waals surface area contributed by atoms with Crippen molar-refractivity contribution in [3.63, 3.8) is 0 Å². The molecule has 44 heavy (non-hydrogen) atoms. The van der Waals surface area contributed by atoms with E-state index in [1.807, 2.05) is 18.2 Å². The standard InChI is InChI=1S/C31H37N5O7S/c1-18-22(29(31(40)41)34-28(18)26(19(2)37)30(34)39)16-33-23-5-3-4-21-20(6-7-24(27(21)23)44(33,42)43)8-9-35-10-13-36(14-11-35,15-12-35)17-25(32)38/h3-7,18-19,26,28,37H,8-17H2,1-2H3,(H-2,32,38,40,41)/p+2/t18-,19+,26+,28+,35?,36?/m0/s1. The fourth-order valence-corrected chi connectivity index (χ4v) is 10.4. The summed E-state index contributed by atoms with van der Waals surface area (Å²) >= 11 is 0. The molecular weight excluding hydrogens is 586 g/mol. The second-order valence-electron chi connectivity index (χ2n) is 13.5. The van der Waals surface area contributed by atoms with Gasteiger partial charge in [0, 0.05) is 17.7 Å². The molecule has 2 aromatic carbocycles. The molecular formula is C31H39N5O7S+2. The molecule has 2 bridgehead atoms. The Morgan fingerprint density at radius 1 is 1.07 bits per heavy atom. The molecule has 0 spiro atoms. The Kier molecular flexibility index (Phi) is 6.46. The first kappa shape index (κ1) is 29.2. The van der Waals surface area contributed by atoms with E-state index in [2.05, 4.69) is 0 Å². The number of carboxylic acids is 1. The molecule has 4 saturated heterocycles. The molecule has 6 aliphatic heterocycles. The fraction of sp³-hybridized carbons (Fsp3) is 0.516. The molecule has 6 heterocycles. The van der Waals surface area contributed by atoms with Gasteiger partial charge in [-0.25, -0.2) is 13.2 Å². The maximum Gasteiger partial charge on any atom is 0.352 e. The second kappa shape index (κ2) is 9.74. The van der Waals surface area contributed by atoms with E-state index in [9.17, 15) is 33.0 Å². The Balaban J connectivity index is 1.18. The van der Waals surface area contributed by atoms with Crippen LogP contribution < -0.4 is 10.0 Å². The van der Waals surface area contributed by atoms with Crippen LogP contribution in [0.2, 0.25) is 0 Å². The van der Waals surface area contributed by atoms with Gasteiger partial charge in [-0.2, -0.15) is 0 Å². The summed E-state index contributed by atoms with van der Waals surface area (Å²) < 4.78 is 31.0. The highest BCUT2D eigenvalue weighted by atomic mass is 32.2. The number of quaternary nitrogens is 2. The molecule has 0 unspecified atom stereocenters. The highest BCUT2D eigenvalue weighted by molar-refractivity contribution is 7.93. The lowest BCUT2D eigenvalue weighted by atomic mass is 9.78. The summed E-state index contributed by atoms with van der Waals surface area (Å²) in [6, 6.07) is 8.61. The molecule has 234 valence electrons. The van der Waals surface area contributed by atoms with Crippen LogP contribution in [0.25, 0.3) is 10.8 Å². The van der Waals surface area contributed by atoms with Crippen LogP contribution in [0.1, 0.15) is 19.4 Å². The van der Waals surface area contributed by atoms with Crippen molar-refractivity contribution in [2.75, 3.05) is 63.2 Å². The molecule has 4 fully saturated rings. The van der Waals surface area contributed by atoms with Gasteiger partial charge in [-0.1, -0.05) is 25.1 Å². The molecule has 13 heteroatoms. The summed E-state index contributed by atoms with van der Waals surface area (Å²) in [7, 11) is -3.99. The Hall–Kier alpha value is -3.52. The first-order valence-electron chi connectivity index (χ1n) is 15.3. The summed E-state index contributed by atoms with van der Waals surface area (Å²) in [4.78, 5) is 38.3. The number of amides is 2. The molecule has 4 N–H and O–H groups in total. The summed E-state index contributed by atoms with van der Waals surface area (Å²) in [5, 5.41) is 21.8. The molecule has 12 nitrogen and oxygen atoms in total. The van der Waals surface area contributed by atoms with Gasteiger partial charge >= 0.3 is 5.97 Å². The molecule has 2 aromatic rings. The zero-order chi connectivity index (χ0) is 31.3. The van der Waals surface area contributed by atoms with Crippen molar-refractivity contribution in [3.8, 4) is 0 Å². The maximum atomic E-state index is 14.0. The van der Waals surface area contributed by atoms with Crippen molar-refractivity contribution < 1.29 is 42.0 Å². The minimum absolute atomic E-state index is 0.182. The average Bonchev–Trinajstić information content (AvgIpc) is 3.34. The number of β-lactam (4-membered cyclic amide) rings is 1. The van der Waals surface area contributed by atoms with Crippen molar-refractivity contribution in [1.29, 1.82) is 0 Å². The van der Waals surface area contributed by atoms with Gasteiger partial charge in [0.05, 0.1) is 41.7 Å². The van der Waals surface area contributed by atoms with Gasteiger partial charge in [-0.15, -0.1) is 0 Å². The van der Waals surface area contributed by atoms with Crippen molar-refractivity contribution >= 4 is 44.3 Å². The third-order valence-electron chi connectivity index (χ3n) is 11.2. The number of aliphatic hydroxyl groups excluding tert-OH is 1. The number of sulfonamides is 1. The van der Waals surface area contributed by atoms with Gasteiger partial charge in [-0.3, -0.25) is 13.9 Å². The Morgan fingerprint density at radius 2 is 1.73 bits per heavy atom. The highest BCUT2D eigenvalue weighted by Crippen LogP contribution is 2.50. The number of piperazine rings is 3. The van der Waals surface area contributed by atoms with E-state index in [1.54, 1.807) is 19.1 Å². The first-order valence-corrected chi connectivity index (χ1v) is 16.8. The van der Waals surface area contributed by atoms with Crippen LogP contribution in [-0.4, -0.2) is 121 Å². The zero-order valence-corrected chi connectivity index (χ0v) is 25.8. The molecule has 0 radical (unpaired) electrons. The number of benzene rings is 2. The quantitative estimate of drug-likeness (QED) is 0.266. The highest BCUT2D eigenvalue weighted by Gasteiger charge is 2.60. The number of anilines is 1. The number of aliphatic hydroxyl groups is 1. The number of nitrogens with two attached hydrogens (primary N) is 1. The molecule has 8 rings (SSSR count). The predicted octanol–water partition coefficient (Wildman–Crippen LogP) is 0.233. The first-order chi connectivity index (χ1) is 20.8. The number of carbonyl (C=O) groups is 3. The van der Waals surface area contributed by atoms with Crippen molar-refractivity contribution in [1.82, 2.24) is 4.90 Å². The van der Waals surface area contributed by atoms with Crippen LogP contribution in [0.4, 0.5) is 5.69 Å². The van der Waals surface area contributed by atoms with Crippen LogP contribution in [0, 0.1) is 11.8 Å². The number of hydrogen-bond donors (Lipinski definition) is 3. The largest absolute Gasteiger partial charge is 0.477 e. The third kappa shape index (κ3) is 4.05. The lowest BCUT2D eigenvalue weighted by Gasteiger charge is -2.55. The SMILES string of the molecule is C[C@@H](O)[C@H]1C(=O)N2C(C(=O)O)=C(CN3c4cccc5c(CC[N+]67CC[N+](CC(N)=O)(CC6)CC7)ccc(c45)S3(=O)=O)[C@H](C)[C@H]12. The van der Waals surface area contributed by atoms with Gasteiger partial charge in [0.2, 0.25) is 5.91 Å². The van der Waals surface area contributed by atoms with Gasteiger partial charge in [0.25, 0.3) is 15.9 Å². The van der Waals surface area contributed by atoms with Gasteiger partial charge in [-0.05, 0) is 35.6 Å². The van der Waals surface area contributed by atoms with Gasteiger partial charge < -0.3 is 29.8 Å². The number of rotatable bonds is 9. The van der Waals surface area contributed by atoms with Crippen LogP contribution >= 0.6 is 0 Å². The zero-order valence-electron chi connectivity index (χ0n) is 25.0. The minimum atomic E-state index is -3.99. The third-order valence-corrected chi connectivity index (χ3v) is 13.0. The summed E-state index contributed by atoms with van der Waals surface area (Å²) in [6.07, 6.45) is -0.161.